The van der Waals surface area contributed by atoms with Crippen LogP contribution in [0, 0.1) is 0 Å². The number of anilines is 2. The number of nitrogen functional groups attached to an aromatic ring is 2. The van der Waals surface area contributed by atoms with E-state index in [0.717, 1.165) is 0 Å². The van der Waals surface area contributed by atoms with Gasteiger partial charge in [-0.2, -0.15) is 4.98 Å². The van der Waals surface area contributed by atoms with Crippen molar-refractivity contribution in [3.05, 3.63) is 42.5 Å². The summed E-state index contributed by atoms with van der Waals surface area (Å²) in [6.07, 6.45) is 0. The number of hydrogen-bond donors (Lipinski definition) is 2. The molecule has 0 aliphatic rings. The van der Waals surface area contributed by atoms with Gasteiger partial charge < -0.3 is 16.2 Å². The van der Waals surface area contributed by atoms with E-state index in [-0.39, 0.29) is 21.6 Å². The molecule has 0 spiro atoms. The summed E-state index contributed by atoms with van der Waals surface area (Å²) in [5.41, 5.74) is 11.8. The molecule has 1 heterocycles. The minimum atomic E-state index is -3.68. The van der Waals surface area contributed by atoms with Crippen LogP contribution in [0.15, 0.2) is 52.3 Å². The van der Waals surface area contributed by atoms with Crippen LogP contribution in [0.4, 0.5) is 11.8 Å². The minimum Gasteiger partial charge on any atom is -0.497 e. The van der Waals surface area contributed by atoms with Crippen LogP contribution in [0.5, 0.6) is 5.75 Å². The Morgan fingerprint density at radius 3 is 2.26 bits per heavy atom. The van der Waals surface area contributed by atoms with Gasteiger partial charge in [-0.15, -0.1) is 0 Å². The molecule has 0 radical (unpaired) electrons. The lowest BCUT2D eigenvalue weighted by Crippen LogP contribution is -2.04. The molecule has 8 heteroatoms. The Morgan fingerprint density at radius 1 is 0.957 bits per heavy atom. The number of sulfone groups is 1. The fourth-order valence-electron chi connectivity index (χ4n) is 2.21. The van der Waals surface area contributed by atoms with Gasteiger partial charge in [-0.05, 0) is 42.5 Å². The van der Waals surface area contributed by atoms with E-state index in [2.05, 4.69) is 9.97 Å². The highest BCUT2D eigenvalue weighted by molar-refractivity contribution is 7.91. The first-order valence-corrected chi connectivity index (χ1v) is 8.12. The van der Waals surface area contributed by atoms with Gasteiger partial charge in [0.2, 0.25) is 15.8 Å². The summed E-state index contributed by atoms with van der Waals surface area (Å²) in [7, 11) is -2.17. The number of nitrogens with two attached hydrogens (primary N) is 2. The van der Waals surface area contributed by atoms with E-state index in [4.69, 9.17) is 16.2 Å². The number of ether oxygens (including phenoxy) is 1. The van der Waals surface area contributed by atoms with Gasteiger partial charge in [0.1, 0.15) is 11.6 Å². The molecule has 0 fully saturated rings. The molecular weight excluding hydrogens is 316 g/mol. The maximum absolute atomic E-state index is 12.7. The largest absolute Gasteiger partial charge is 0.497 e. The molecule has 3 rings (SSSR count). The fraction of sp³-hybridized carbons (Fsp3) is 0.0667. The van der Waals surface area contributed by atoms with Crippen LogP contribution in [0.3, 0.4) is 0 Å². The van der Waals surface area contributed by atoms with Gasteiger partial charge in [0.15, 0.2) is 0 Å². The second-order valence-electron chi connectivity index (χ2n) is 4.82. The van der Waals surface area contributed by atoms with Gasteiger partial charge >= 0.3 is 0 Å². The zero-order valence-corrected chi connectivity index (χ0v) is 13.0. The van der Waals surface area contributed by atoms with Crippen LogP contribution in [-0.2, 0) is 9.84 Å². The Hall–Kier alpha value is -2.87. The number of fused-ring (bicyclic) bond motifs is 1. The number of rotatable bonds is 3. The summed E-state index contributed by atoms with van der Waals surface area (Å²) in [6, 6.07) is 10.6. The third-order valence-electron chi connectivity index (χ3n) is 3.39. The number of benzene rings is 2. The Kier molecular flexibility index (Phi) is 3.53. The molecule has 118 valence electrons. The highest BCUT2D eigenvalue weighted by Gasteiger charge is 2.19. The minimum absolute atomic E-state index is 0.0424. The van der Waals surface area contributed by atoms with Crippen LogP contribution < -0.4 is 16.2 Å². The van der Waals surface area contributed by atoms with Crippen molar-refractivity contribution < 1.29 is 13.2 Å². The molecule has 0 unspecified atom stereocenters. The van der Waals surface area contributed by atoms with Gasteiger partial charge in [-0.25, -0.2) is 13.4 Å². The van der Waals surface area contributed by atoms with Gasteiger partial charge in [-0.1, -0.05) is 0 Å². The van der Waals surface area contributed by atoms with Crippen LogP contribution in [0.2, 0.25) is 0 Å². The summed E-state index contributed by atoms with van der Waals surface area (Å²) < 4.78 is 30.4. The molecule has 1 aromatic heterocycles. The Labute approximate surface area is 132 Å². The Balaban J connectivity index is 2.14. The normalized spacial score (nSPS) is 11.5. The smallest absolute Gasteiger partial charge is 0.222 e. The predicted molar refractivity (Wildman–Crippen MR) is 86.8 cm³/mol. The van der Waals surface area contributed by atoms with E-state index in [1.54, 1.807) is 18.2 Å². The molecule has 2 aromatic carbocycles. The van der Waals surface area contributed by atoms with Gasteiger partial charge in [0.05, 0.1) is 22.4 Å². The van der Waals surface area contributed by atoms with Crippen molar-refractivity contribution in [3.8, 4) is 5.75 Å². The van der Waals surface area contributed by atoms with E-state index in [9.17, 15) is 8.42 Å². The Morgan fingerprint density at radius 2 is 1.61 bits per heavy atom. The van der Waals surface area contributed by atoms with Gasteiger partial charge in [0.25, 0.3) is 0 Å². The molecule has 0 bridgehead atoms. The quantitative estimate of drug-likeness (QED) is 0.748. The highest BCUT2D eigenvalue weighted by Crippen LogP contribution is 2.27. The van der Waals surface area contributed by atoms with E-state index in [1.807, 2.05) is 0 Å². The zero-order valence-electron chi connectivity index (χ0n) is 12.2. The third-order valence-corrected chi connectivity index (χ3v) is 5.16. The maximum atomic E-state index is 12.7. The molecule has 4 N–H and O–H groups in total. The second kappa shape index (κ2) is 5.40. The van der Waals surface area contributed by atoms with Crippen molar-refractivity contribution in [1.29, 1.82) is 0 Å². The van der Waals surface area contributed by atoms with E-state index in [1.165, 1.54) is 31.4 Å². The van der Waals surface area contributed by atoms with Crippen molar-refractivity contribution >= 4 is 32.5 Å². The Bertz CT molecular complexity index is 986. The molecule has 0 aliphatic carbocycles. The summed E-state index contributed by atoms with van der Waals surface area (Å²) in [6.45, 7) is 0. The van der Waals surface area contributed by atoms with Crippen molar-refractivity contribution in [2.24, 2.45) is 0 Å². The van der Waals surface area contributed by atoms with Crippen LogP contribution in [-0.4, -0.2) is 25.5 Å². The van der Waals surface area contributed by atoms with Crippen molar-refractivity contribution in [2.75, 3.05) is 18.6 Å². The molecule has 3 aromatic rings. The molecule has 0 aliphatic heterocycles. The highest BCUT2D eigenvalue weighted by atomic mass is 32.2. The van der Waals surface area contributed by atoms with E-state index < -0.39 is 9.84 Å². The predicted octanol–water partition coefficient (Wildman–Crippen LogP) is 1.64. The lowest BCUT2D eigenvalue weighted by atomic mass is 10.2. The first kappa shape index (κ1) is 15.0. The second-order valence-corrected chi connectivity index (χ2v) is 6.77. The number of methoxy groups -OCH3 is 1. The number of nitrogens with zero attached hydrogens (tertiary/aromatic N) is 2. The number of hydrogen-bond acceptors (Lipinski definition) is 7. The average Bonchev–Trinajstić information content (AvgIpc) is 2.54. The topological polar surface area (TPSA) is 121 Å². The average molecular weight is 330 g/mol. The van der Waals surface area contributed by atoms with Gasteiger partial charge in [-0.3, -0.25) is 0 Å². The van der Waals surface area contributed by atoms with Crippen LogP contribution >= 0.6 is 0 Å². The van der Waals surface area contributed by atoms with Crippen molar-refractivity contribution in [1.82, 2.24) is 9.97 Å². The van der Waals surface area contributed by atoms with E-state index >= 15 is 0 Å². The molecule has 0 atom stereocenters. The standard InChI is InChI=1S/C15H14N4O3S/c1-22-9-2-4-10(5-3-9)23(20,21)11-6-7-13-12(8-11)14(16)19-15(17)18-13/h2-8H,1H3,(H4,16,17,18,19). The first-order chi connectivity index (χ1) is 10.9. The molecule has 0 amide bonds. The fourth-order valence-corrected chi connectivity index (χ4v) is 3.49. The zero-order chi connectivity index (χ0) is 16.6. The molecule has 23 heavy (non-hydrogen) atoms. The SMILES string of the molecule is COc1ccc(S(=O)(=O)c2ccc3nc(N)nc(N)c3c2)cc1. The maximum Gasteiger partial charge on any atom is 0.222 e. The monoisotopic (exact) mass is 330 g/mol. The molecular formula is C15H14N4O3S. The first-order valence-electron chi connectivity index (χ1n) is 6.64. The summed E-state index contributed by atoms with van der Waals surface area (Å²) in [5.74, 6) is 0.760. The molecule has 7 nitrogen and oxygen atoms in total. The summed E-state index contributed by atoms with van der Waals surface area (Å²) >= 11 is 0. The van der Waals surface area contributed by atoms with E-state index in [0.29, 0.717) is 16.7 Å². The molecule has 0 saturated carbocycles. The molecule has 0 saturated heterocycles. The lowest BCUT2D eigenvalue weighted by Gasteiger charge is -2.08. The van der Waals surface area contributed by atoms with Crippen LogP contribution in [0.25, 0.3) is 10.9 Å². The number of aromatic nitrogens is 2. The van der Waals surface area contributed by atoms with Crippen molar-refractivity contribution in [2.45, 2.75) is 9.79 Å². The van der Waals surface area contributed by atoms with Gasteiger partial charge in [0, 0.05) is 5.39 Å². The third kappa shape index (κ3) is 2.64. The lowest BCUT2D eigenvalue weighted by molar-refractivity contribution is 0.414. The summed E-state index contributed by atoms with van der Waals surface area (Å²) in [4.78, 5) is 8.15. The summed E-state index contributed by atoms with van der Waals surface area (Å²) in [5, 5.41) is 0.439. The van der Waals surface area contributed by atoms with Crippen LogP contribution in [0.1, 0.15) is 0 Å². The van der Waals surface area contributed by atoms with Crippen molar-refractivity contribution in [3.63, 3.8) is 0 Å².